The first kappa shape index (κ1) is 16.1. The summed E-state index contributed by atoms with van der Waals surface area (Å²) in [7, 11) is 1.86. The highest BCUT2D eigenvalue weighted by Crippen LogP contribution is 2.44. The van der Waals surface area contributed by atoms with E-state index in [9.17, 15) is 10.4 Å². The van der Waals surface area contributed by atoms with Gasteiger partial charge in [0.05, 0.1) is 17.7 Å². The van der Waals surface area contributed by atoms with Crippen molar-refractivity contribution in [2.75, 3.05) is 20.1 Å². The highest BCUT2D eigenvalue weighted by Gasteiger charge is 2.47. The molecule has 124 valence electrons. The summed E-state index contributed by atoms with van der Waals surface area (Å²) in [6.07, 6.45) is 0.992. The van der Waals surface area contributed by atoms with Crippen molar-refractivity contribution in [2.24, 2.45) is 4.99 Å². The van der Waals surface area contributed by atoms with E-state index in [0.29, 0.717) is 30.4 Å². The maximum Gasteiger partial charge on any atom is 0.213 e. The van der Waals surface area contributed by atoms with Crippen LogP contribution >= 0.6 is 0 Å². The SMILES string of the molecule is CN1CCN(C2c3cc(C#N)ccc3OC(C)(C)C2O)/C1=N/C#N. The molecule has 0 bridgehead atoms. The maximum atomic E-state index is 10.9. The van der Waals surface area contributed by atoms with Crippen LogP contribution in [0.5, 0.6) is 5.75 Å². The largest absolute Gasteiger partial charge is 0.485 e. The van der Waals surface area contributed by atoms with Gasteiger partial charge < -0.3 is 19.6 Å². The Morgan fingerprint density at radius 3 is 2.75 bits per heavy atom. The van der Waals surface area contributed by atoms with E-state index in [4.69, 9.17) is 10.00 Å². The summed E-state index contributed by atoms with van der Waals surface area (Å²) in [5.74, 6) is 1.16. The van der Waals surface area contributed by atoms with Gasteiger partial charge in [0.25, 0.3) is 0 Å². The van der Waals surface area contributed by atoms with Crippen molar-refractivity contribution in [3.63, 3.8) is 0 Å². The quantitative estimate of drug-likeness (QED) is 0.780. The fourth-order valence-corrected chi connectivity index (χ4v) is 3.31. The predicted molar refractivity (Wildman–Crippen MR) is 87.0 cm³/mol. The van der Waals surface area contributed by atoms with Crippen LogP contribution in [0.2, 0.25) is 0 Å². The summed E-state index contributed by atoms with van der Waals surface area (Å²) < 4.78 is 5.94. The van der Waals surface area contributed by atoms with Gasteiger partial charge in [0, 0.05) is 25.7 Å². The van der Waals surface area contributed by atoms with E-state index in [1.165, 1.54) is 0 Å². The number of fused-ring (bicyclic) bond motifs is 1. The third-order valence-corrected chi connectivity index (χ3v) is 4.60. The minimum absolute atomic E-state index is 0.436. The third-order valence-electron chi connectivity index (χ3n) is 4.60. The molecule has 2 aliphatic heterocycles. The minimum Gasteiger partial charge on any atom is -0.485 e. The van der Waals surface area contributed by atoms with Crippen LogP contribution in [-0.4, -0.2) is 52.7 Å². The zero-order valence-electron chi connectivity index (χ0n) is 13.9. The van der Waals surface area contributed by atoms with Crippen molar-refractivity contribution in [1.82, 2.24) is 9.80 Å². The van der Waals surface area contributed by atoms with Gasteiger partial charge in [-0.3, -0.25) is 0 Å². The number of aliphatic hydroxyl groups is 1. The zero-order valence-corrected chi connectivity index (χ0v) is 13.9. The molecule has 2 unspecified atom stereocenters. The van der Waals surface area contributed by atoms with Crippen molar-refractivity contribution in [3.8, 4) is 18.0 Å². The Hall–Kier alpha value is -2.77. The molecule has 1 aromatic carbocycles. The normalized spacial score (nSPS) is 26.5. The van der Waals surface area contributed by atoms with Crippen LogP contribution in [0.4, 0.5) is 0 Å². The summed E-state index contributed by atoms with van der Waals surface area (Å²) in [4.78, 5) is 7.71. The third kappa shape index (κ3) is 2.44. The van der Waals surface area contributed by atoms with Crippen LogP contribution in [0.15, 0.2) is 23.2 Å². The first-order chi connectivity index (χ1) is 11.4. The molecule has 1 fully saturated rings. The fraction of sp³-hybridized carbons (Fsp3) is 0.471. The number of ether oxygens (including phenoxy) is 1. The summed E-state index contributed by atoms with van der Waals surface area (Å²) in [5.41, 5.74) is 0.437. The second-order valence-corrected chi connectivity index (χ2v) is 6.59. The maximum absolute atomic E-state index is 10.9. The number of hydrogen-bond acceptors (Lipinski definition) is 5. The molecular weight excluding hydrogens is 306 g/mol. The van der Waals surface area contributed by atoms with Crippen molar-refractivity contribution in [1.29, 1.82) is 10.5 Å². The average Bonchev–Trinajstić information content (AvgIpc) is 2.89. The van der Waals surface area contributed by atoms with E-state index in [1.807, 2.05) is 36.9 Å². The van der Waals surface area contributed by atoms with Gasteiger partial charge in [0.15, 0.2) is 0 Å². The molecule has 0 saturated carbocycles. The van der Waals surface area contributed by atoms with E-state index in [0.717, 1.165) is 5.56 Å². The van der Waals surface area contributed by atoms with Crippen molar-refractivity contribution >= 4 is 5.96 Å². The van der Waals surface area contributed by atoms with Gasteiger partial charge >= 0.3 is 0 Å². The Kier molecular flexibility index (Phi) is 3.82. The fourth-order valence-electron chi connectivity index (χ4n) is 3.31. The molecule has 0 amide bonds. The number of hydrogen-bond donors (Lipinski definition) is 1. The van der Waals surface area contributed by atoms with Gasteiger partial charge in [0.1, 0.15) is 17.5 Å². The number of nitrogens with zero attached hydrogens (tertiary/aromatic N) is 5. The zero-order chi connectivity index (χ0) is 17.5. The molecule has 24 heavy (non-hydrogen) atoms. The lowest BCUT2D eigenvalue weighted by molar-refractivity contribution is -0.0801. The highest BCUT2D eigenvalue weighted by atomic mass is 16.5. The summed E-state index contributed by atoms with van der Waals surface area (Å²) in [5, 5.41) is 29.1. The molecule has 2 heterocycles. The van der Waals surface area contributed by atoms with E-state index in [1.54, 1.807) is 18.2 Å². The van der Waals surface area contributed by atoms with Crippen LogP contribution in [-0.2, 0) is 0 Å². The number of rotatable bonds is 1. The van der Waals surface area contributed by atoms with Crippen LogP contribution in [0.25, 0.3) is 0 Å². The van der Waals surface area contributed by atoms with Gasteiger partial charge in [-0.15, -0.1) is 4.99 Å². The van der Waals surface area contributed by atoms with E-state index in [2.05, 4.69) is 11.1 Å². The second-order valence-electron chi connectivity index (χ2n) is 6.59. The van der Waals surface area contributed by atoms with E-state index >= 15 is 0 Å². The molecule has 3 rings (SSSR count). The van der Waals surface area contributed by atoms with Crippen LogP contribution in [0.1, 0.15) is 31.0 Å². The first-order valence-corrected chi connectivity index (χ1v) is 7.74. The summed E-state index contributed by atoms with van der Waals surface area (Å²) >= 11 is 0. The molecule has 1 saturated heterocycles. The molecule has 0 spiro atoms. The standard InChI is InChI=1S/C17H19N5O2/c1-17(2)15(23)14(22-7-6-21(3)16(22)20-10-19)12-8-11(9-18)4-5-13(12)24-17/h4-5,8,14-15,23H,6-7H2,1-3H3/b20-16+. The molecule has 0 aliphatic carbocycles. The second kappa shape index (κ2) is 5.70. The molecule has 2 aliphatic rings. The van der Waals surface area contributed by atoms with Gasteiger partial charge in [-0.2, -0.15) is 10.5 Å². The number of benzene rings is 1. The van der Waals surface area contributed by atoms with Crippen molar-refractivity contribution in [2.45, 2.75) is 31.6 Å². The number of aliphatic imine (C=N–C) groups is 1. The Morgan fingerprint density at radius 1 is 1.33 bits per heavy atom. The molecule has 0 radical (unpaired) electrons. The lowest BCUT2D eigenvalue weighted by atomic mass is 9.85. The van der Waals surface area contributed by atoms with E-state index < -0.39 is 17.7 Å². The topological polar surface area (TPSA) is 95.9 Å². The van der Waals surface area contributed by atoms with Crippen molar-refractivity contribution in [3.05, 3.63) is 29.3 Å². The van der Waals surface area contributed by atoms with Gasteiger partial charge in [-0.05, 0) is 32.0 Å². The number of likely N-dealkylation sites (N-methyl/N-ethyl adjacent to an activating group) is 1. The Balaban J connectivity index is 2.14. The monoisotopic (exact) mass is 325 g/mol. The lowest BCUT2D eigenvalue weighted by Crippen LogP contribution is -2.54. The number of aliphatic hydroxyl groups excluding tert-OH is 1. The molecule has 1 N–H and O–H groups in total. The van der Waals surface area contributed by atoms with Crippen LogP contribution in [0.3, 0.4) is 0 Å². The molecule has 7 heteroatoms. The highest BCUT2D eigenvalue weighted by molar-refractivity contribution is 5.83. The van der Waals surface area contributed by atoms with Crippen LogP contribution in [0, 0.1) is 22.8 Å². The number of nitriles is 2. The van der Waals surface area contributed by atoms with Gasteiger partial charge in [0.2, 0.25) is 12.2 Å². The number of guanidine groups is 1. The summed E-state index contributed by atoms with van der Waals surface area (Å²) in [6, 6.07) is 6.88. The first-order valence-electron chi connectivity index (χ1n) is 7.74. The molecule has 7 nitrogen and oxygen atoms in total. The van der Waals surface area contributed by atoms with E-state index in [-0.39, 0.29) is 0 Å². The molecule has 1 aromatic rings. The minimum atomic E-state index is -0.839. The molecular formula is C17H19N5O2. The smallest absolute Gasteiger partial charge is 0.213 e. The Bertz CT molecular complexity index is 774. The average molecular weight is 325 g/mol. The van der Waals surface area contributed by atoms with Gasteiger partial charge in [-0.1, -0.05) is 0 Å². The Labute approximate surface area is 141 Å². The molecule has 2 atom stereocenters. The van der Waals surface area contributed by atoms with Crippen molar-refractivity contribution < 1.29 is 9.84 Å². The lowest BCUT2D eigenvalue weighted by Gasteiger charge is -2.45. The summed E-state index contributed by atoms with van der Waals surface area (Å²) in [6.45, 7) is 4.99. The van der Waals surface area contributed by atoms with Crippen LogP contribution < -0.4 is 4.74 Å². The Morgan fingerprint density at radius 2 is 2.08 bits per heavy atom. The molecule has 0 aromatic heterocycles. The predicted octanol–water partition coefficient (Wildman–Crippen LogP) is 1.22. The van der Waals surface area contributed by atoms with Gasteiger partial charge in [-0.25, -0.2) is 0 Å².